The number of amidine groups is 1. The molecule has 13 heteroatoms. The lowest BCUT2D eigenvalue weighted by molar-refractivity contribution is -0.165. The lowest BCUT2D eigenvalue weighted by Gasteiger charge is -2.37. The number of hydrogen-bond acceptors (Lipinski definition) is 10. The summed E-state index contributed by atoms with van der Waals surface area (Å²) < 4.78 is 57.5. The molecule has 4 heterocycles. The van der Waals surface area contributed by atoms with Crippen molar-refractivity contribution in [3.8, 4) is 0 Å². The number of nitrogens with one attached hydrogen (secondary N) is 1. The quantitative estimate of drug-likeness (QED) is 0.321. The van der Waals surface area contributed by atoms with Crippen molar-refractivity contribution < 1.29 is 32.2 Å². The number of benzene rings is 1. The zero-order valence-electron chi connectivity index (χ0n) is 28.1. The number of esters is 2. The molecule has 3 fully saturated rings. The van der Waals surface area contributed by atoms with Crippen molar-refractivity contribution in [3.63, 3.8) is 0 Å². The molecule has 0 radical (unpaired) electrons. The number of aromatic nitrogens is 1. The number of carbonyl (C=O) groups is 2. The number of alkyl halides is 2. The summed E-state index contributed by atoms with van der Waals surface area (Å²) in [6.07, 6.45) is 4.40. The molecule has 1 saturated carbocycles. The van der Waals surface area contributed by atoms with E-state index in [2.05, 4.69) is 10.3 Å². The van der Waals surface area contributed by atoms with E-state index in [0.29, 0.717) is 53.1 Å². The third-order valence-electron chi connectivity index (χ3n) is 9.81. The lowest BCUT2D eigenvalue weighted by atomic mass is 9.73. The molecule has 1 aromatic carbocycles. The van der Waals surface area contributed by atoms with Gasteiger partial charge in [0.05, 0.1) is 30.7 Å². The standard InChI is InChI=1S/C35H44F3N5O4S/c1-6-46-33(45)27-25(40-30(31-39-12-15-48-31)41-28(27)23-8-7-9-24(36)20(23)2)18-43-19-35(37,38)29-26(43)11-14-42(29)13-10-21-16-22(17-21)32(44)47-34(3,4)5/h7-9,12,15,21-22,26,28-29H,6,10-11,13-14,16-19H2,1-5H3,(H,40,41)/t21?,22?,26-,28?,29+/m0/s1. The Hall–Kier alpha value is -3.29. The van der Waals surface area contributed by atoms with Crippen LogP contribution in [0.25, 0.3) is 0 Å². The van der Waals surface area contributed by atoms with Gasteiger partial charge in [-0.2, -0.15) is 0 Å². The van der Waals surface area contributed by atoms with Gasteiger partial charge in [-0.1, -0.05) is 12.1 Å². The highest BCUT2D eigenvalue weighted by Gasteiger charge is 2.59. The van der Waals surface area contributed by atoms with Crippen molar-refractivity contribution in [2.45, 2.75) is 90.0 Å². The highest BCUT2D eigenvalue weighted by atomic mass is 32.1. The molecular formula is C35H44F3N5O4S. The maximum atomic E-state index is 15.9. The number of nitrogens with zero attached hydrogens (tertiary/aromatic N) is 4. The molecule has 2 aromatic rings. The molecule has 3 aliphatic heterocycles. The zero-order chi connectivity index (χ0) is 34.4. The largest absolute Gasteiger partial charge is 0.463 e. The van der Waals surface area contributed by atoms with Gasteiger partial charge in [-0.25, -0.2) is 22.9 Å². The van der Waals surface area contributed by atoms with Crippen molar-refractivity contribution in [1.82, 2.24) is 20.1 Å². The fourth-order valence-electron chi connectivity index (χ4n) is 7.54. The number of aliphatic imine (C=N–C) groups is 1. The van der Waals surface area contributed by atoms with Crippen LogP contribution in [-0.4, -0.2) is 89.0 Å². The number of thiazole rings is 1. The zero-order valence-corrected chi connectivity index (χ0v) is 28.9. The Bertz CT molecular complexity index is 1580. The molecule has 48 heavy (non-hydrogen) atoms. The molecule has 1 unspecified atom stereocenters. The van der Waals surface area contributed by atoms with Crippen LogP contribution >= 0.6 is 11.3 Å². The van der Waals surface area contributed by atoms with Gasteiger partial charge >= 0.3 is 11.9 Å². The van der Waals surface area contributed by atoms with Gasteiger partial charge in [-0.05, 0) is 90.0 Å². The molecule has 0 bridgehead atoms. The molecule has 4 aliphatic rings. The Labute approximate surface area is 283 Å². The molecule has 3 atom stereocenters. The van der Waals surface area contributed by atoms with E-state index in [0.717, 1.165) is 19.3 Å². The van der Waals surface area contributed by atoms with Crippen LogP contribution in [0, 0.1) is 24.6 Å². The number of fused-ring (bicyclic) bond motifs is 1. The maximum absolute atomic E-state index is 15.9. The Morgan fingerprint density at radius 1 is 1.19 bits per heavy atom. The normalized spacial score (nSPS) is 27.2. The second-order valence-corrected chi connectivity index (χ2v) is 15.2. The van der Waals surface area contributed by atoms with Gasteiger partial charge in [0, 0.05) is 36.4 Å². The summed E-state index contributed by atoms with van der Waals surface area (Å²) in [5.74, 6) is -3.63. The number of ether oxygens (including phenoxy) is 2. The average Bonchev–Trinajstić information content (AvgIpc) is 3.72. The number of halogens is 3. The van der Waals surface area contributed by atoms with E-state index in [-0.39, 0.29) is 30.6 Å². The number of hydrogen-bond donors (Lipinski definition) is 1. The van der Waals surface area contributed by atoms with Crippen LogP contribution in [0.2, 0.25) is 0 Å². The second kappa shape index (κ2) is 13.5. The van der Waals surface area contributed by atoms with Crippen LogP contribution in [0.1, 0.15) is 75.6 Å². The van der Waals surface area contributed by atoms with Gasteiger partial charge in [0.25, 0.3) is 5.92 Å². The predicted molar refractivity (Wildman–Crippen MR) is 176 cm³/mol. The topological polar surface area (TPSA) is 96.4 Å². The fraction of sp³-hybridized carbons (Fsp3) is 0.600. The van der Waals surface area contributed by atoms with Gasteiger partial charge < -0.3 is 14.8 Å². The Morgan fingerprint density at radius 3 is 2.65 bits per heavy atom. The Morgan fingerprint density at radius 2 is 1.96 bits per heavy atom. The summed E-state index contributed by atoms with van der Waals surface area (Å²) in [5.41, 5.74) is 0.891. The van der Waals surface area contributed by atoms with Crippen molar-refractivity contribution in [2.24, 2.45) is 16.8 Å². The first kappa shape index (κ1) is 34.6. The SMILES string of the molecule is CCOC(=O)C1=C(CN2CC(F)(F)[C@H]3[C@@H]2CCN3CCC2CC(C(=O)OC(C)(C)C)C2)NC(c2nccs2)=NC1c1cccc(F)c1C. The highest BCUT2D eigenvalue weighted by Crippen LogP contribution is 2.44. The second-order valence-electron chi connectivity index (χ2n) is 14.3. The molecule has 0 amide bonds. The monoisotopic (exact) mass is 687 g/mol. The van der Waals surface area contributed by atoms with Crippen molar-refractivity contribution in [2.75, 3.05) is 32.8 Å². The van der Waals surface area contributed by atoms with Crippen LogP contribution in [0.3, 0.4) is 0 Å². The fourth-order valence-corrected chi connectivity index (χ4v) is 8.13. The van der Waals surface area contributed by atoms with Crippen molar-refractivity contribution >= 4 is 29.1 Å². The lowest BCUT2D eigenvalue weighted by Crippen LogP contribution is -2.46. The van der Waals surface area contributed by atoms with E-state index in [9.17, 15) is 14.0 Å². The summed E-state index contributed by atoms with van der Waals surface area (Å²) in [5, 5.41) is 5.62. The summed E-state index contributed by atoms with van der Waals surface area (Å²) in [7, 11) is 0. The minimum Gasteiger partial charge on any atom is -0.463 e. The Kier molecular flexibility index (Phi) is 9.76. The first-order valence-corrected chi connectivity index (χ1v) is 17.6. The number of rotatable bonds is 10. The van der Waals surface area contributed by atoms with E-state index in [1.165, 1.54) is 17.4 Å². The summed E-state index contributed by atoms with van der Waals surface area (Å²) in [6, 6.07) is 2.35. The average molecular weight is 688 g/mol. The summed E-state index contributed by atoms with van der Waals surface area (Å²) in [4.78, 5) is 38.9. The van der Waals surface area contributed by atoms with Gasteiger partial charge in [0.2, 0.25) is 0 Å². The van der Waals surface area contributed by atoms with Crippen LogP contribution < -0.4 is 5.32 Å². The third kappa shape index (κ3) is 7.04. The molecule has 0 spiro atoms. The molecule has 1 N–H and O–H groups in total. The minimum atomic E-state index is -2.97. The summed E-state index contributed by atoms with van der Waals surface area (Å²) in [6.45, 7) is 9.64. The molecule has 1 aromatic heterocycles. The van der Waals surface area contributed by atoms with E-state index in [1.54, 1.807) is 42.5 Å². The third-order valence-corrected chi connectivity index (χ3v) is 10.6. The first-order valence-electron chi connectivity index (χ1n) is 16.7. The van der Waals surface area contributed by atoms with Crippen LogP contribution in [0.5, 0.6) is 0 Å². The van der Waals surface area contributed by atoms with E-state index in [1.807, 2.05) is 25.7 Å². The van der Waals surface area contributed by atoms with E-state index >= 15 is 8.78 Å². The van der Waals surface area contributed by atoms with Crippen LogP contribution in [-0.2, 0) is 19.1 Å². The smallest absolute Gasteiger partial charge is 0.338 e. The molecule has 6 rings (SSSR count). The number of likely N-dealkylation sites (tertiary alicyclic amines) is 2. The predicted octanol–water partition coefficient (Wildman–Crippen LogP) is 5.65. The van der Waals surface area contributed by atoms with Gasteiger partial charge in [0.15, 0.2) is 10.8 Å². The van der Waals surface area contributed by atoms with Crippen LogP contribution in [0.4, 0.5) is 13.2 Å². The number of carbonyl (C=O) groups excluding carboxylic acids is 2. The van der Waals surface area contributed by atoms with Crippen LogP contribution in [0.15, 0.2) is 46.0 Å². The van der Waals surface area contributed by atoms with Gasteiger partial charge in [-0.15, -0.1) is 11.3 Å². The van der Waals surface area contributed by atoms with Gasteiger partial charge in [-0.3, -0.25) is 19.6 Å². The molecule has 1 aliphatic carbocycles. The van der Waals surface area contributed by atoms with Crippen molar-refractivity contribution in [3.05, 3.63) is 63.0 Å². The molecule has 9 nitrogen and oxygen atoms in total. The van der Waals surface area contributed by atoms with E-state index < -0.39 is 48.0 Å². The minimum absolute atomic E-state index is 0.0359. The summed E-state index contributed by atoms with van der Waals surface area (Å²) >= 11 is 1.35. The molecule has 260 valence electrons. The first-order chi connectivity index (χ1) is 22.8. The Balaban J connectivity index is 1.22. The maximum Gasteiger partial charge on any atom is 0.338 e. The van der Waals surface area contributed by atoms with E-state index in [4.69, 9.17) is 14.5 Å². The molecular weight excluding hydrogens is 643 g/mol. The van der Waals surface area contributed by atoms with Gasteiger partial charge in [0.1, 0.15) is 17.5 Å². The highest BCUT2D eigenvalue weighted by molar-refractivity contribution is 7.11. The van der Waals surface area contributed by atoms with Crippen molar-refractivity contribution in [1.29, 1.82) is 0 Å². The molecule has 2 saturated heterocycles.